The maximum Gasteiger partial charge on any atom is 0.195 e. The molecule has 0 aromatic carbocycles. The number of thiazole rings is 1. The first-order valence-corrected chi connectivity index (χ1v) is 7.27. The molecule has 1 saturated heterocycles. The Kier molecular flexibility index (Phi) is 3.69. The molecule has 6 nitrogen and oxygen atoms in total. The second-order valence-corrected chi connectivity index (χ2v) is 5.45. The fourth-order valence-electron chi connectivity index (χ4n) is 2.47. The molecule has 0 saturated carbocycles. The van der Waals surface area contributed by atoms with Crippen LogP contribution >= 0.6 is 11.3 Å². The highest BCUT2D eigenvalue weighted by atomic mass is 32.1. The Hall–Kier alpha value is -1.15. The molecule has 7 heteroatoms. The van der Waals surface area contributed by atoms with Crippen LogP contribution in [0.2, 0.25) is 0 Å². The molecule has 2 N–H and O–H groups in total. The van der Waals surface area contributed by atoms with Crippen molar-refractivity contribution in [2.24, 2.45) is 0 Å². The van der Waals surface area contributed by atoms with Crippen LogP contribution < -0.4 is 10.2 Å². The summed E-state index contributed by atoms with van der Waals surface area (Å²) in [7, 11) is 1.93. The lowest BCUT2D eigenvalue weighted by Crippen LogP contribution is -2.48. The van der Waals surface area contributed by atoms with Crippen molar-refractivity contribution in [3.8, 4) is 0 Å². The van der Waals surface area contributed by atoms with Crippen molar-refractivity contribution in [1.82, 2.24) is 14.7 Å². The first-order chi connectivity index (χ1) is 9.35. The number of aromatic nitrogens is 2. The highest BCUT2D eigenvalue weighted by molar-refractivity contribution is 7.15. The van der Waals surface area contributed by atoms with Crippen LogP contribution in [0.5, 0.6) is 0 Å². The smallest absolute Gasteiger partial charge is 0.195 e. The van der Waals surface area contributed by atoms with Crippen molar-refractivity contribution in [2.45, 2.75) is 12.6 Å². The predicted molar refractivity (Wildman–Crippen MR) is 74.9 cm³/mol. The zero-order valence-corrected chi connectivity index (χ0v) is 11.7. The molecule has 0 spiro atoms. The van der Waals surface area contributed by atoms with Gasteiger partial charge in [0.05, 0.1) is 31.6 Å². The molecule has 1 unspecified atom stereocenters. The van der Waals surface area contributed by atoms with E-state index in [0.717, 1.165) is 29.6 Å². The summed E-state index contributed by atoms with van der Waals surface area (Å²) in [6, 6.07) is -0.00559. The maximum absolute atomic E-state index is 9.50. The van der Waals surface area contributed by atoms with Gasteiger partial charge in [-0.3, -0.25) is 4.40 Å². The number of hydrogen-bond acceptors (Lipinski definition) is 6. The Labute approximate surface area is 115 Å². The maximum atomic E-state index is 9.50. The minimum atomic E-state index is -0.00559. The lowest BCUT2D eigenvalue weighted by Gasteiger charge is -2.35. The van der Waals surface area contributed by atoms with Crippen LogP contribution in [-0.2, 0) is 11.3 Å². The third kappa shape index (κ3) is 2.23. The van der Waals surface area contributed by atoms with Crippen molar-refractivity contribution in [3.05, 3.63) is 17.3 Å². The van der Waals surface area contributed by atoms with E-state index in [1.165, 1.54) is 0 Å². The van der Waals surface area contributed by atoms with Crippen LogP contribution in [0.3, 0.4) is 0 Å². The molecule has 1 fully saturated rings. The average Bonchev–Trinajstić information content (AvgIpc) is 3.01. The molecule has 2 aromatic heterocycles. The summed E-state index contributed by atoms with van der Waals surface area (Å²) >= 11 is 1.62. The summed E-state index contributed by atoms with van der Waals surface area (Å²) in [5.41, 5.74) is 1.14. The standard InChI is InChI=1S/C12H18N4O2S/c1-13-6-10-11(14-12-16(10)3-5-19-12)15-2-4-18-8-9(15)7-17/h3,5,9,13,17H,2,4,6-8H2,1H3. The zero-order chi connectivity index (χ0) is 13.2. The summed E-state index contributed by atoms with van der Waals surface area (Å²) in [6.07, 6.45) is 2.04. The van der Waals surface area contributed by atoms with Crippen LogP contribution in [-0.4, -0.2) is 53.9 Å². The van der Waals surface area contributed by atoms with Crippen LogP contribution in [0, 0.1) is 0 Å². The van der Waals surface area contributed by atoms with Gasteiger partial charge in [-0.05, 0) is 7.05 Å². The molecule has 0 aliphatic carbocycles. The van der Waals surface area contributed by atoms with Crippen LogP contribution in [0.25, 0.3) is 4.96 Å². The molecule has 1 atom stereocenters. The molecule has 2 aromatic rings. The number of aliphatic hydroxyl groups excluding tert-OH is 1. The number of aliphatic hydroxyl groups is 1. The number of hydrogen-bond donors (Lipinski definition) is 2. The lowest BCUT2D eigenvalue weighted by molar-refractivity contribution is 0.0722. The average molecular weight is 282 g/mol. The van der Waals surface area contributed by atoms with E-state index in [-0.39, 0.29) is 12.6 Å². The topological polar surface area (TPSA) is 62.0 Å². The van der Waals surface area contributed by atoms with E-state index in [1.54, 1.807) is 11.3 Å². The largest absolute Gasteiger partial charge is 0.394 e. The Bertz CT molecular complexity index is 553. The van der Waals surface area contributed by atoms with Crippen LogP contribution in [0.15, 0.2) is 11.6 Å². The van der Waals surface area contributed by atoms with Crippen molar-refractivity contribution < 1.29 is 9.84 Å². The van der Waals surface area contributed by atoms with E-state index in [4.69, 9.17) is 9.72 Å². The quantitative estimate of drug-likeness (QED) is 0.845. The van der Waals surface area contributed by atoms with E-state index in [9.17, 15) is 5.11 Å². The van der Waals surface area contributed by atoms with Crippen molar-refractivity contribution in [1.29, 1.82) is 0 Å². The summed E-state index contributed by atoms with van der Waals surface area (Å²) in [5.74, 6) is 0.962. The number of morpholine rings is 1. The highest BCUT2D eigenvalue weighted by Gasteiger charge is 2.27. The lowest BCUT2D eigenvalue weighted by atomic mass is 10.2. The second-order valence-electron chi connectivity index (χ2n) is 4.57. The summed E-state index contributed by atoms with van der Waals surface area (Å²) in [4.78, 5) is 7.87. The Morgan fingerprint density at radius 3 is 3.32 bits per heavy atom. The number of fused-ring (bicyclic) bond motifs is 1. The van der Waals surface area contributed by atoms with Gasteiger partial charge in [0.25, 0.3) is 0 Å². The van der Waals surface area contributed by atoms with Crippen LogP contribution in [0.1, 0.15) is 5.69 Å². The van der Waals surface area contributed by atoms with Gasteiger partial charge in [-0.15, -0.1) is 11.3 Å². The van der Waals surface area contributed by atoms with Gasteiger partial charge in [-0.25, -0.2) is 4.98 Å². The molecule has 1 aliphatic heterocycles. The molecular weight excluding hydrogens is 264 g/mol. The third-order valence-electron chi connectivity index (χ3n) is 3.39. The first-order valence-electron chi connectivity index (χ1n) is 6.39. The van der Waals surface area contributed by atoms with E-state index < -0.39 is 0 Å². The number of nitrogens with one attached hydrogen (secondary N) is 1. The number of ether oxygens (including phenoxy) is 1. The number of nitrogens with zero attached hydrogens (tertiary/aromatic N) is 3. The molecule has 104 valence electrons. The van der Waals surface area contributed by atoms with E-state index in [0.29, 0.717) is 13.2 Å². The minimum Gasteiger partial charge on any atom is -0.394 e. The number of anilines is 1. The van der Waals surface area contributed by atoms with Crippen LogP contribution in [0.4, 0.5) is 5.82 Å². The third-order valence-corrected chi connectivity index (χ3v) is 4.15. The van der Waals surface area contributed by atoms with Gasteiger partial charge in [-0.1, -0.05) is 0 Å². The molecule has 1 aliphatic rings. The second kappa shape index (κ2) is 5.46. The molecule has 3 rings (SSSR count). The molecule has 0 amide bonds. The molecule has 0 bridgehead atoms. The number of imidazole rings is 1. The van der Waals surface area contributed by atoms with Crippen molar-refractivity contribution in [2.75, 3.05) is 38.3 Å². The van der Waals surface area contributed by atoms with Gasteiger partial charge in [0.2, 0.25) is 0 Å². The fourth-order valence-corrected chi connectivity index (χ4v) is 3.20. The van der Waals surface area contributed by atoms with Gasteiger partial charge >= 0.3 is 0 Å². The Morgan fingerprint density at radius 1 is 1.63 bits per heavy atom. The Morgan fingerprint density at radius 2 is 2.53 bits per heavy atom. The summed E-state index contributed by atoms with van der Waals surface area (Å²) in [6.45, 7) is 2.85. The first kappa shape index (κ1) is 12.9. The van der Waals surface area contributed by atoms with Gasteiger partial charge in [0.1, 0.15) is 0 Å². The molecular formula is C12H18N4O2S. The molecule has 3 heterocycles. The van der Waals surface area contributed by atoms with Gasteiger partial charge in [0.15, 0.2) is 10.8 Å². The van der Waals surface area contributed by atoms with Gasteiger partial charge in [-0.2, -0.15) is 0 Å². The summed E-state index contributed by atoms with van der Waals surface area (Å²) in [5, 5.41) is 14.7. The van der Waals surface area contributed by atoms with Crippen molar-refractivity contribution in [3.63, 3.8) is 0 Å². The highest BCUT2D eigenvalue weighted by Crippen LogP contribution is 2.27. The molecule has 0 radical (unpaired) electrons. The monoisotopic (exact) mass is 282 g/mol. The SMILES string of the molecule is CNCc1c(N2CCOCC2CO)nc2sccn12. The Balaban J connectivity index is 2.02. The fraction of sp³-hybridized carbons (Fsp3) is 0.583. The minimum absolute atomic E-state index is 0.00559. The normalized spacial score (nSPS) is 20.3. The van der Waals surface area contributed by atoms with E-state index in [2.05, 4.69) is 14.6 Å². The zero-order valence-electron chi connectivity index (χ0n) is 10.9. The summed E-state index contributed by atoms with van der Waals surface area (Å²) < 4.78 is 7.54. The predicted octanol–water partition coefficient (Wildman–Crippen LogP) is 0.313. The van der Waals surface area contributed by atoms with E-state index >= 15 is 0 Å². The van der Waals surface area contributed by atoms with Crippen molar-refractivity contribution >= 4 is 22.1 Å². The molecule has 19 heavy (non-hydrogen) atoms. The van der Waals surface area contributed by atoms with E-state index in [1.807, 2.05) is 18.6 Å². The number of rotatable bonds is 4. The van der Waals surface area contributed by atoms with Gasteiger partial charge < -0.3 is 20.1 Å². The van der Waals surface area contributed by atoms with Gasteiger partial charge in [0, 0.05) is 24.7 Å².